The molecule has 0 aliphatic heterocycles. The normalized spacial score (nSPS) is 14.4. The van der Waals surface area contributed by atoms with E-state index in [4.69, 9.17) is 18.9 Å². The molecule has 0 aromatic rings. The minimum atomic E-state index is -2.09. The molecule has 0 unspecified atom stereocenters. The number of rotatable bonds is 16. The van der Waals surface area contributed by atoms with E-state index in [-0.39, 0.29) is 25.7 Å². The van der Waals surface area contributed by atoms with Crippen LogP contribution in [0.2, 0.25) is 0 Å². The summed E-state index contributed by atoms with van der Waals surface area (Å²) < 4.78 is 21.5. The Morgan fingerprint density at radius 3 is 1.61 bits per heavy atom. The Hall–Kier alpha value is -2.12. The number of carbonyl (C=O) groups is 4. The summed E-state index contributed by atoms with van der Waals surface area (Å²) in [5, 5.41) is 0. The molecule has 0 N–H and O–H groups in total. The summed E-state index contributed by atoms with van der Waals surface area (Å²) in [7, 11) is 0. The van der Waals surface area contributed by atoms with E-state index in [1.54, 1.807) is 0 Å². The monoisotopic (exact) mass is 470 g/mol. The van der Waals surface area contributed by atoms with Crippen LogP contribution >= 0.6 is 0 Å². The van der Waals surface area contributed by atoms with Crippen molar-refractivity contribution >= 4 is 23.9 Å². The van der Waals surface area contributed by atoms with Crippen LogP contribution in [0, 0.1) is 5.92 Å². The van der Waals surface area contributed by atoms with Gasteiger partial charge in [0.15, 0.2) is 0 Å². The third kappa shape index (κ3) is 11.0. The van der Waals surface area contributed by atoms with Crippen molar-refractivity contribution in [2.75, 3.05) is 19.8 Å². The Kier molecular flexibility index (Phi) is 14.4. The molecule has 0 atom stereocenters. The molecule has 0 radical (unpaired) electrons. The van der Waals surface area contributed by atoms with Crippen LogP contribution in [-0.2, 0) is 38.1 Å². The summed E-state index contributed by atoms with van der Waals surface area (Å²) in [4.78, 5) is 51.4. The van der Waals surface area contributed by atoms with Crippen LogP contribution in [0.25, 0.3) is 0 Å². The van der Waals surface area contributed by atoms with Crippen LogP contribution in [0.4, 0.5) is 0 Å². The Morgan fingerprint density at radius 1 is 0.697 bits per heavy atom. The van der Waals surface area contributed by atoms with Gasteiger partial charge in [-0.3, -0.25) is 14.4 Å². The number of carbonyl (C=O) groups excluding carboxylic acids is 4. The zero-order chi connectivity index (χ0) is 24.5. The molecule has 1 saturated carbocycles. The maximum atomic E-state index is 13.2. The number of hydrogen-bond donors (Lipinski definition) is 0. The van der Waals surface area contributed by atoms with Crippen LogP contribution in [0.3, 0.4) is 0 Å². The first kappa shape index (κ1) is 28.9. The molecule has 0 spiro atoms. The largest absolute Gasteiger partial charge is 0.466 e. The molecular weight excluding hydrogens is 428 g/mol. The smallest absolute Gasteiger partial charge is 0.351 e. The molecule has 0 saturated heterocycles. The second-order valence-corrected chi connectivity index (χ2v) is 8.74. The molecule has 0 amide bonds. The molecule has 1 fully saturated rings. The molecule has 0 aromatic carbocycles. The molecule has 8 nitrogen and oxygen atoms in total. The second-order valence-electron chi connectivity index (χ2n) is 8.74. The highest BCUT2D eigenvalue weighted by atomic mass is 16.6. The summed E-state index contributed by atoms with van der Waals surface area (Å²) in [6, 6.07) is 0. The summed E-state index contributed by atoms with van der Waals surface area (Å²) in [6.45, 7) is 6.35. The van der Waals surface area contributed by atoms with Crippen molar-refractivity contribution in [1.82, 2.24) is 0 Å². The molecule has 1 aliphatic rings. The summed E-state index contributed by atoms with van der Waals surface area (Å²) in [5.41, 5.74) is -2.09. The Labute approximate surface area is 198 Å². The number of ether oxygens (including phenoxy) is 4. The van der Waals surface area contributed by atoms with Gasteiger partial charge in [0.05, 0.1) is 38.6 Å². The molecule has 8 heteroatoms. The lowest BCUT2D eigenvalue weighted by Crippen LogP contribution is -2.49. The molecule has 190 valence electrons. The van der Waals surface area contributed by atoms with Gasteiger partial charge in [-0.15, -0.1) is 0 Å². The average Bonchev–Trinajstić information content (AvgIpc) is 2.80. The Morgan fingerprint density at radius 2 is 1.15 bits per heavy atom. The quantitative estimate of drug-likeness (QED) is 0.182. The first-order valence-corrected chi connectivity index (χ1v) is 12.6. The number of hydrogen-bond acceptors (Lipinski definition) is 8. The van der Waals surface area contributed by atoms with Gasteiger partial charge in [-0.05, 0) is 32.1 Å². The number of unbranched alkanes of at least 4 members (excludes halogenated alkanes) is 3. The fraction of sp³-hybridized carbons (Fsp3) is 0.840. The third-order valence-corrected chi connectivity index (χ3v) is 5.72. The van der Waals surface area contributed by atoms with E-state index in [2.05, 4.69) is 0 Å². The van der Waals surface area contributed by atoms with Gasteiger partial charge in [-0.25, -0.2) is 4.79 Å². The predicted molar refractivity (Wildman–Crippen MR) is 122 cm³/mol. The van der Waals surface area contributed by atoms with Gasteiger partial charge in [-0.1, -0.05) is 59.3 Å². The van der Waals surface area contributed by atoms with E-state index in [1.807, 2.05) is 20.8 Å². The maximum absolute atomic E-state index is 13.2. The highest BCUT2D eigenvalue weighted by Gasteiger charge is 2.50. The van der Waals surface area contributed by atoms with Gasteiger partial charge in [0, 0.05) is 0 Å². The highest BCUT2D eigenvalue weighted by Crippen LogP contribution is 2.31. The van der Waals surface area contributed by atoms with Gasteiger partial charge >= 0.3 is 23.9 Å². The van der Waals surface area contributed by atoms with E-state index in [0.29, 0.717) is 32.1 Å². The van der Waals surface area contributed by atoms with Gasteiger partial charge in [0.2, 0.25) is 5.60 Å². The van der Waals surface area contributed by atoms with Crippen molar-refractivity contribution in [2.24, 2.45) is 5.92 Å². The van der Waals surface area contributed by atoms with Gasteiger partial charge in [0.1, 0.15) is 0 Å². The lowest BCUT2D eigenvalue weighted by atomic mass is 9.88. The van der Waals surface area contributed by atoms with Crippen LogP contribution in [0.1, 0.15) is 104 Å². The fourth-order valence-corrected chi connectivity index (χ4v) is 3.60. The standard InChI is InChI=1S/C25H42O8/c1-4-7-15-30-21(26)18-25(24(29)32-17-9-6-3,19-22(27)31-16-8-5-2)33-23(28)20-13-11-10-12-14-20/h20H,4-19H2,1-3H3. The molecule has 0 bridgehead atoms. The average molecular weight is 471 g/mol. The van der Waals surface area contributed by atoms with Crippen molar-refractivity contribution in [3.05, 3.63) is 0 Å². The third-order valence-electron chi connectivity index (χ3n) is 5.72. The summed E-state index contributed by atoms with van der Waals surface area (Å²) >= 11 is 0. The lowest BCUT2D eigenvalue weighted by Gasteiger charge is -2.32. The van der Waals surface area contributed by atoms with Crippen molar-refractivity contribution in [1.29, 1.82) is 0 Å². The maximum Gasteiger partial charge on any atom is 0.351 e. The van der Waals surface area contributed by atoms with E-state index < -0.39 is 42.3 Å². The minimum Gasteiger partial charge on any atom is -0.466 e. The molecular formula is C25H42O8. The predicted octanol–water partition coefficient (Wildman–Crippen LogP) is 4.66. The summed E-state index contributed by atoms with van der Waals surface area (Å²) in [6.07, 6.45) is 7.38. The first-order chi connectivity index (χ1) is 15.9. The van der Waals surface area contributed by atoms with Crippen LogP contribution < -0.4 is 0 Å². The lowest BCUT2D eigenvalue weighted by molar-refractivity contribution is -0.194. The van der Waals surface area contributed by atoms with Crippen molar-refractivity contribution in [2.45, 2.75) is 110 Å². The van der Waals surface area contributed by atoms with Crippen LogP contribution in [0.5, 0.6) is 0 Å². The highest BCUT2D eigenvalue weighted by molar-refractivity contribution is 5.92. The fourth-order valence-electron chi connectivity index (χ4n) is 3.60. The molecule has 0 aromatic heterocycles. The molecule has 33 heavy (non-hydrogen) atoms. The van der Waals surface area contributed by atoms with E-state index >= 15 is 0 Å². The Bertz CT molecular complexity index is 586. The van der Waals surface area contributed by atoms with Crippen molar-refractivity contribution in [3.63, 3.8) is 0 Å². The van der Waals surface area contributed by atoms with E-state index in [9.17, 15) is 19.2 Å². The molecule has 1 aliphatic carbocycles. The topological polar surface area (TPSA) is 105 Å². The SMILES string of the molecule is CCCCOC(=O)CC(CC(=O)OCCCC)(OC(=O)C1CCCCC1)C(=O)OCCCC. The van der Waals surface area contributed by atoms with Gasteiger partial charge in [0.25, 0.3) is 0 Å². The molecule has 0 heterocycles. The van der Waals surface area contributed by atoms with Crippen molar-refractivity contribution < 1.29 is 38.1 Å². The van der Waals surface area contributed by atoms with Crippen LogP contribution in [-0.4, -0.2) is 49.3 Å². The minimum absolute atomic E-state index is 0.105. The van der Waals surface area contributed by atoms with Gasteiger partial charge in [-0.2, -0.15) is 0 Å². The summed E-state index contributed by atoms with van der Waals surface area (Å²) in [5.74, 6) is -3.28. The van der Waals surface area contributed by atoms with Crippen LogP contribution in [0.15, 0.2) is 0 Å². The first-order valence-electron chi connectivity index (χ1n) is 12.6. The van der Waals surface area contributed by atoms with Gasteiger partial charge < -0.3 is 18.9 Å². The number of esters is 4. The van der Waals surface area contributed by atoms with E-state index in [0.717, 1.165) is 38.5 Å². The second kappa shape index (κ2) is 16.5. The van der Waals surface area contributed by atoms with Crippen molar-refractivity contribution in [3.8, 4) is 0 Å². The Balaban J connectivity index is 3.12. The van der Waals surface area contributed by atoms with E-state index in [1.165, 1.54) is 0 Å². The zero-order valence-corrected chi connectivity index (χ0v) is 20.7. The zero-order valence-electron chi connectivity index (χ0n) is 20.7. The molecule has 1 rings (SSSR count).